The molecule has 0 N–H and O–H groups in total. The molecule has 1 aliphatic rings. The van der Waals surface area contributed by atoms with Gasteiger partial charge in [-0.1, -0.05) is 116 Å². The van der Waals surface area contributed by atoms with Crippen LogP contribution in [0, 0.1) is 0 Å². The van der Waals surface area contributed by atoms with Crippen molar-refractivity contribution in [1.29, 1.82) is 0 Å². The van der Waals surface area contributed by atoms with Crippen LogP contribution in [0.25, 0.3) is 21.9 Å². The van der Waals surface area contributed by atoms with Gasteiger partial charge < -0.3 is 14.2 Å². The third-order valence-electron chi connectivity index (χ3n) is 10.7. The molecule has 0 spiro atoms. The van der Waals surface area contributed by atoms with Crippen molar-refractivity contribution in [3.05, 3.63) is 193 Å². The summed E-state index contributed by atoms with van der Waals surface area (Å²) in [6.07, 6.45) is 6.06. The minimum atomic E-state index is -0.0234. The standard InChI is InChI=1S/C48H40N2O/c1-5-15-38(16-6-1)49(39-17-7-2-8-18-39)41-27-23-36(24-28-41)48(33-13-4-14-34-48)37-25-29-42(30-26-37)50(40-19-9-3-10-20-40)43-31-32-45-44-21-11-12-22-46(44)51-47(45)35-43/h1-3,5-12,15-32,35H,4,13-14,33-34H2. The summed E-state index contributed by atoms with van der Waals surface area (Å²) in [7, 11) is 0. The lowest BCUT2D eigenvalue weighted by Crippen LogP contribution is -2.30. The molecule has 9 rings (SSSR count). The molecule has 0 radical (unpaired) electrons. The second-order valence-corrected chi connectivity index (χ2v) is 13.7. The summed E-state index contributed by atoms with van der Waals surface area (Å²) in [5, 5.41) is 2.28. The number of furan rings is 1. The Hall–Kier alpha value is -6.06. The highest BCUT2D eigenvalue weighted by molar-refractivity contribution is 6.06. The van der Waals surface area contributed by atoms with Crippen LogP contribution in [0.15, 0.2) is 186 Å². The molecular formula is C48H40N2O. The van der Waals surface area contributed by atoms with Crippen LogP contribution < -0.4 is 9.80 Å². The van der Waals surface area contributed by atoms with E-state index in [4.69, 9.17) is 4.42 Å². The first-order valence-corrected chi connectivity index (χ1v) is 18.1. The molecule has 1 aliphatic carbocycles. The van der Waals surface area contributed by atoms with Crippen LogP contribution in [0.4, 0.5) is 34.1 Å². The molecule has 3 heteroatoms. The molecule has 248 valence electrons. The van der Waals surface area contributed by atoms with Crippen molar-refractivity contribution in [3.8, 4) is 0 Å². The first-order valence-electron chi connectivity index (χ1n) is 18.1. The predicted molar refractivity (Wildman–Crippen MR) is 213 cm³/mol. The first kappa shape index (κ1) is 31.0. The third kappa shape index (κ3) is 5.75. The monoisotopic (exact) mass is 660 g/mol. The van der Waals surface area contributed by atoms with E-state index in [1.807, 2.05) is 12.1 Å². The van der Waals surface area contributed by atoms with E-state index < -0.39 is 0 Å². The number of fused-ring (bicyclic) bond motifs is 3. The highest BCUT2D eigenvalue weighted by Crippen LogP contribution is 2.47. The van der Waals surface area contributed by atoms with Gasteiger partial charge in [-0.05, 0) is 103 Å². The molecule has 1 fully saturated rings. The lowest BCUT2D eigenvalue weighted by atomic mass is 9.65. The van der Waals surface area contributed by atoms with E-state index in [9.17, 15) is 0 Å². The summed E-state index contributed by atoms with van der Waals surface area (Å²) < 4.78 is 6.32. The normalized spacial score (nSPS) is 14.0. The smallest absolute Gasteiger partial charge is 0.137 e. The average molecular weight is 661 g/mol. The van der Waals surface area contributed by atoms with E-state index in [1.165, 1.54) is 30.4 Å². The molecule has 0 bridgehead atoms. The minimum Gasteiger partial charge on any atom is -0.456 e. The van der Waals surface area contributed by atoms with Gasteiger partial charge in [0.1, 0.15) is 11.2 Å². The second kappa shape index (κ2) is 13.3. The van der Waals surface area contributed by atoms with Gasteiger partial charge in [0.2, 0.25) is 0 Å². The maximum absolute atomic E-state index is 6.32. The number of anilines is 6. The molecule has 0 amide bonds. The van der Waals surface area contributed by atoms with Crippen molar-refractivity contribution in [2.24, 2.45) is 0 Å². The van der Waals surface area contributed by atoms with E-state index in [1.54, 1.807) is 0 Å². The number of hydrogen-bond donors (Lipinski definition) is 0. The van der Waals surface area contributed by atoms with Crippen LogP contribution in [0.1, 0.15) is 43.2 Å². The Bertz CT molecular complexity index is 2340. The topological polar surface area (TPSA) is 19.6 Å². The van der Waals surface area contributed by atoms with Crippen LogP contribution in [-0.4, -0.2) is 0 Å². The average Bonchev–Trinajstić information content (AvgIpc) is 3.58. The Morgan fingerprint density at radius 1 is 0.353 bits per heavy atom. The van der Waals surface area contributed by atoms with Crippen LogP contribution in [-0.2, 0) is 5.41 Å². The van der Waals surface area contributed by atoms with Gasteiger partial charge in [-0.25, -0.2) is 0 Å². The molecule has 8 aromatic rings. The summed E-state index contributed by atoms with van der Waals surface area (Å²) in [4.78, 5) is 4.67. The zero-order valence-electron chi connectivity index (χ0n) is 28.7. The zero-order valence-corrected chi connectivity index (χ0v) is 28.7. The van der Waals surface area contributed by atoms with Gasteiger partial charge in [-0.2, -0.15) is 0 Å². The Morgan fingerprint density at radius 2 is 0.765 bits per heavy atom. The largest absolute Gasteiger partial charge is 0.456 e. The summed E-state index contributed by atoms with van der Waals surface area (Å²) in [6, 6.07) is 65.5. The highest BCUT2D eigenvalue weighted by Gasteiger charge is 2.36. The van der Waals surface area contributed by atoms with Crippen LogP contribution in [0.5, 0.6) is 0 Å². The third-order valence-corrected chi connectivity index (χ3v) is 10.7. The van der Waals surface area contributed by atoms with Crippen molar-refractivity contribution in [1.82, 2.24) is 0 Å². The van der Waals surface area contributed by atoms with Gasteiger partial charge in [0.05, 0.1) is 0 Å². The second-order valence-electron chi connectivity index (χ2n) is 13.7. The molecule has 1 saturated carbocycles. The Kier molecular flexibility index (Phi) is 8.10. The lowest BCUT2D eigenvalue weighted by molar-refractivity contribution is 0.346. The molecule has 0 atom stereocenters. The summed E-state index contributed by atoms with van der Waals surface area (Å²) >= 11 is 0. The van der Waals surface area contributed by atoms with Crippen LogP contribution in [0.3, 0.4) is 0 Å². The molecule has 1 aromatic heterocycles. The quantitative estimate of drug-likeness (QED) is 0.162. The first-order chi connectivity index (χ1) is 25.3. The molecule has 0 saturated heterocycles. The maximum Gasteiger partial charge on any atom is 0.137 e. The van der Waals surface area contributed by atoms with E-state index in [2.05, 4.69) is 180 Å². The number of para-hydroxylation sites is 4. The maximum atomic E-state index is 6.32. The Labute approximate surface area is 300 Å². The van der Waals surface area contributed by atoms with Crippen molar-refractivity contribution >= 4 is 56.1 Å². The number of rotatable bonds is 8. The van der Waals surface area contributed by atoms with E-state index in [0.717, 1.165) is 68.9 Å². The lowest BCUT2D eigenvalue weighted by Gasteiger charge is -2.39. The Balaban J connectivity index is 1.09. The fraction of sp³-hybridized carbons (Fsp3) is 0.125. The molecule has 3 nitrogen and oxygen atoms in total. The van der Waals surface area contributed by atoms with Gasteiger partial charge in [0, 0.05) is 56.4 Å². The fourth-order valence-electron chi connectivity index (χ4n) is 8.24. The number of nitrogens with zero attached hydrogens (tertiary/aromatic N) is 2. The zero-order chi connectivity index (χ0) is 34.0. The molecule has 7 aromatic carbocycles. The van der Waals surface area contributed by atoms with E-state index in [0.29, 0.717) is 0 Å². The summed E-state index contributed by atoms with van der Waals surface area (Å²) in [6.45, 7) is 0. The number of benzene rings is 7. The van der Waals surface area contributed by atoms with Crippen molar-refractivity contribution < 1.29 is 4.42 Å². The van der Waals surface area contributed by atoms with Crippen molar-refractivity contribution in [3.63, 3.8) is 0 Å². The van der Waals surface area contributed by atoms with E-state index in [-0.39, 0.29) is 5.41 Å². The van der Waals surface area contributed by atoms with Gasteiger partial charge >= 0.3 is 0 Å². The molecular weight excluding hydrogens is 621 g/mol. The minimum absolute atomic E-state index is 0.0234. The summed E-state index contributed by atoms with van der Waals surface area (Å²) in [5.41, 5.74) is 11.4. The van der Waals surface area contributed by atoms with Crippen molar-refractivity contribution in [2.45, 2.75) is 37.5 Å². The van der Waals surface area contributed by atoms with E-state index >= 15 is 0 Å². The molecule has 51 heavy (non-hydrogen) atoms. The molecule has 0 unspecified atom stereocenters. The fourth-order valence-corrected chi connectivity index (χ4v) is 8.24. The predicted octanol–water partition coefficient (Wildman–Crippen LogP) is 13.8. The van der Waals surface area contributed by atoms with Gasteiger partial charge in [0.25, 0.3) is 0 Å². The van der Waals surface area contributed by atoms with Gasteiger partial charge in [-0.15, -0.1) is 0 Å². The van der Waals surface area contributed by atoms with Crippen LogP contribution >= 0.6 is 0 Å². The molecule has 0 aliphatic heterocycles. The Morgan fingerprint density at radius 3 is 1.29 bits per heavy atom. The van der Waals surface area contributed by atoms with Gasteiger partial charge in [0.15, 0.2) is 0 Å². The SMILES string of the molecule is c1ccc(N(c2ccccc2)c2ccc(C3(c4ccc(N(c5ccccc5)c5ccc6c(c5)oc5ccccc56)cc4)CCCCC3)cc2)cc1. The number of hydrogen-bond acceptors (Lipinski definition) is 3. The molecule has 1 heterocycles. The summed E-state index contributed by atoms with van der Waals surface area (Å²) in [5.74, 6) is 0. The van der Waals surface area contributed by atoms with Gasteiger partial charge in [-0.3, -0.25) is 0 Å². The van der Waals surface area contributed by atoms with Crippen LogP contribution in [0.2, 0.25) is 0 Å². The highest BCUT2D eigenvalue weighted by atomic mass is 16.3. The van der Waals surface area contributed by atoms with Crippen molar-refractivity contribution in [2.75, 3.05) is 9.80 Å².